The van der Waals surface area contributed by atoms with Crippen LogP contribution in [0.1, 0.15) is 153 Å². The second-order valence-electron chi connectivity index (χ2n) is 21.4. The van der Waals surface area contributed by atoms with Gasteiger partial charge in [-0.05, 0) is 143 Å². The Bertz CT molecular complexity index is 3770. The van der Waals surface area contributed by atoms with Crippen molar-refractivity contribution in [3.63, 3.8) is 0 Å². The highest BCUT2D eigenvalue weighted by Gasteiger charge is 2.28. The van der Waals surface area contributed by atoms with Gasteiger partial charge in [-0.25, -0.2) is 49.7 Å². The molecule has 23 nitrogen and oxygen atoms in total. The predicted octanol–water partition coefficient (Wildman–Crippen LogP) is 8.85. The molecule has 0 saturated carbocycles. The Morgan fingerprint density at radius 1 is 0.608 bits per heavy atom. The number of allylic oxidation sites excluding steroid dienone is 1. The molecule has 23 heteroatoms. The van der Waals surface area contributed by atoms with Gasteiger partial charge in [0.2, 0.25) is 0 Å². The molecule has 422 valence electrons. The lowest BCUT2D eigenvalue weighted by Gasteiger charge is -2.28. The van der Waals surface area contributed by atoms with Crippen molar-refractivity contribution in [2.24, 2.45) is 12.0 Å². The molecule has 0 fully saturated rings. The third-order valence-electron chi connectivity index (χ3n) is 12.4. The fourth-order valence-corrected chi connectivity index (χ4v) is 8.06. The second-order valence-corrected chi connectivity index (χ2v) is 21.4. The molecule has 79 heavy (non-hydrogen) atoms. The van der Waals surface area contributed by atoms with Gasteiger partial charge in [-0.2, -0.15) is 0 Å². The Kier molecular flexibility index (Phi) is 19.6. The molecule has 4 N–H and O–H groups in total. The zero-order valence-electron chi connectivity index (χ0n) is 49.6. The van der Waals surface area contributed by atoms with Crippen LogP contribution in [0.4, 0.5) is 5.82 Å². The summed E-state index contributed by atoms with van der Waals surface area (Å²) in [6.45, 7) is 45.4. The summed E-state index contributed by atoms with van der Waals surface area (Å²) in [6, 6.07) is 3.20. The van der Waals surface area contributed by atoms with Gasteiger partial charge in [0.25, 0.3) is 17.0 Å². The number of rotatable bonds is 4. The number of carbonyl (C=O) groups excluding carboxylic acids is 1. The van der Waals surface area contributed by atoms with E-state index in [0.29, 0.717) is 52.0 Å². The number of carbonyl (C=O) groups is 1. The number of aromatic amines is 2. The summed E-state index contributed by atoms with van der Waals surface area (Å²) in [5.41, 5.74) is 8.23. The van der Waals surface area contributed by atoms with Crippen LogP contribution < -0.4 is 27.4 Å². The van der Waals surface area contributed by atoms with E-state index in [0.717, 1.165) is 56.8 Å². The fourth-order valence-electron chi connectivity index (χ4n) is 8.06. The van der Waals surface area contributed by atoms with E-state index in [1.807, 2.05) is 122 Å². The quantitative estimate of drug-likeness (QED) is 0.128. The number of aliphatic imine (C=N–C) groups is 1. The zero-order valence-corrected chi connectivity index (χ0v) is 49.6. The molecule has 0 unspecified atom stereocenters. The first kappa shape index (κ1) is 61.2. The van der Waals surface area contributed by atoms with Crippen LogP contribution in [0.15, 0.2) is 93.4 Å². The molecule has 0 aromatic carbocycles. The Hall–Kier alpha value is -8.63. The molecule has 2 aliphatic heterocycles. The highest BCUT2D eigenvalue weighted by atomic mass is 16.2. The molecule has 0 atom stereocenters. The summed E-state index contributed by atoms with van der Waals surface area (Å²) in [6.07, 6.45) is 10.8. The monoisotopic (exact) mass is 1080 g/mol. The summed E-state index contributed by atoms with van der Waals surface area (Å²) in [4.78, 5) is 90.4. The number of H-pyrrole nitrogens is 2. The molecule has 8 aromatic heterocycles. The normalized spacial score (nSPS) is 13.1. The molecule has 10 rings (SSSR count). The Morgan fingerprint density at radius 3 is 1.73 bits per heavy atom. The molecule has 0 bridgehead atoms. The van der Waals surface area contributed by atoms with E-state index in [2.05, 4.69) is 129 Å². The maximum atomic E-state index is 11.5. The van der Waals surface area contributed by atoms with E-state index in [1.165, 1.54) is 10.1 Å². The van der Waals surface area contributed by atoms with Gasteiger partial charge in [0, 0.05) is 72.0 Å². The smallest absolute Gasteiger partial charge is 0.328 e. The second kappa shape index (κ2) is 25.2. The number of hydrogen-bond acceptors (Lipinski definition) is 15. The minimum absolute atomic E-state index is 0.0769. The zero-order chi connectivity index (χ0) is 59.1. The molecule has 0 aliphatic carbocycles. The number of fused-ring (bicyclic) bond motifs is 4. The van der Waals surface area contributed by atoms with Crippen molar-refractivity contribution in [2.75, 3.05) is 5.32 Å². The molecule has 0 spiro atoms. The molecule has 1 amide bonds. The number of hydrogen-bond donors (Lipinski definition) is 4. The molecule has 8 aromatic rings. The molecular weight excluding hydrogens is 1000 g/mol. The molecule has 0 radical (unpaired) electrons. The van der Waals surface area contributed by atoms with Gasteiger partial charge in [-0.3, -0.25) is 23.9 Å². The lowest BCUT2D eigenvalue weighted by atomic mass is 10.1. The van der Waals surface area contributed by atoms with Crippen LogP contribution in [-0.4, -0.2) is 95.2 Å². The first-order chi connectivity index (χ1) is 36.8. The summed E-state index contributed by atoms with van der Waals surface area (Å²) < 4.78 is 9.38. The van der Waals surface area contributed by atoms with Crippen molar-refractivity contribution >= 4 is 50.8 Å². The third kappa shape index (κ3) is 14.9. The minimum Gasteiger partial charge on any atom is -0.335 e. The lowest BCUT2D eigenvalue weighted by molar-refractivity contribution is 0.0959. The van der Waals surface area contributed by atoms with Crippen molar-refractivity contribution in [3.05, 3.63) is 145 Å². The van der Waals surface area contributed by atoms with Crippen LogP contribution >= 0.6 is 0 Å². The Balaban J connectivity index is 0.000000175. The van der Waals surface area contributed by atoms with Gasteiger partial charge in [0.1, 0.15) is 46.1 Å². The molecular formula is C56H79N19O4. The van der Waals surface area contributed by atoms with Gasteiger partial charge in [-0.1, -0.05) is 13.2 Å². The maximum Gasteiger partial charge on any atom is 0.328 e. The van der Waals surface area contributed by atoms with Crippen LogP contribution in [0.5, 0.6) is 0 Å². The van der Waals surface area contributed by atoms with Crippen LogP contribution in [0.2, 0.25) is 0 Å². The standard InChI is InChI=1S/C10H14N4O.C10H14N4.C10H16N2.C9H12N4O.C9H11N3.C8H12N2O2/c1-6-12-8-7(9(15)13-6)11-5-14(8)10(2,3)4;1-6(2)14-5-11-9-7(3)12-8(4)13-10(9)14;1-7(2)12-6-8(3)9(4)11-10(12)5;1-5(2)13-4-10-7-8(13)11-6(3)12-9(7)14;1-6-8-4-5-12(3)9(8)11-7(2)10-6;1-5(2)10-4-6(3)7(11)9-8(10)12/h5,12H,1H2,2-4H3,(H,13,15);5-6H,1-4H3;6-7H,5H2,1-4H3;4-5H,1-3H3,(H,11,12,14);4-5H,1-3H3;4-5H,1-3H3,(H,9,11,12). The van der Waals surface area contributed by atoms with Crippen LogP contribution in [0.3, 0.4) is 0 Å². The van der Waals surface area contributed by atoms with E-state index >= 15 is 0 Å². The van der Waals surface area contributed by atoms with E-state index < -0.39 is 0 Å². The number of anilines is 1. The first-order valence-electron chi connectivity index (χ1n) is 26.1. The molecule has 2 aliphatic rings. The highest BCUT2D eigenvalue weighted by molar-refractivity contribution is 6.00. The van der Waals surface area contributed by atoms with E-state index in [9.17, 15) is 19.2 Å². The predicted molar refractivity (Wildman–Crippen MR) is 313 cm³/mol. The highest BCUT2D eigenvalue weighted by Crippen LogP contribution is 2.27. The van der Waals surface area contributed by atoms with Crippen LogP contribution in [0.25, 0.3) is 33.4 Å². The summed E-state index contributed by atoms with van der Waals surface area (Å²) >= 11 is 0. The largest absolute Gasteiger partial charge is 0.335 e. The van der Waals surface area contributed by atoms with Gasteiger partial charge in [-0.15, -0.1) is 0 Å². The van der Waals surface area contributed by atoms with Crippen molar-refractivity contribution in [2.45, 2.75) is 161 Å². The van der Waals surface area contributed by atoms with Gasteiger partial charge < -0.3 is 38.8 Å². The van der Waals surface area contributed by atoms with E-state index in [-0.39, 0.29) is 40.3 Å². The number of amides is 1. The van der Waals surface area contributed by atoms with Gasteiger partial charge >= 0.3 is 5.69 Å². The van der Waals surface area contributed by atoms with Crippen LogP contribution in [-0.2, 0) is 12.6 Å². The Labute approximate surface area is 460 Å². The van der Waals surface area contributed by atoms with E-state index in [4.69, 9.17) is 0 Å². The van der Waals surface area contributed by atoms with Gasteiger partial charge in [0.15, 0.2) is 22.5 Å². The maximum absolute atomic E-state index is 11.5. The molecule has 0 saturated heterocycles. The fraction of sp³-hybridized carbons (Fsp3) is 0.446. The molecule has 10 heterocycles. The number of nitrogens with zero attached hydrogens (tertiary/aromatic N) is 15. The Morgan fingerprint density at radius 2 is 1.16 bits per heavy atom. The third-order valence-corrected chi connectivity index (χ3v) is 12.4. The minimum atomic E-state index is -0.347. The average molecular weight is 1080 g/mol. The van der Waals surface area contributed by atoms with E-state index in [1.54, 1.807) is 32.7 Å². The van der Waals surface area contributed by atoms with Crippen LogP contribution in [0, 0.1) is 41.5 Å². The number of imidazole rings is 3. The average Bonchev–Trinajstić information content (AvgIpc) is 4.19. The summed E-state index contributed by atoms with van der Waals surface area (Å²) in [5.74, 6) is 4.07. The number of nitrogens with one attached hydrogen (secondary N) is 4. The van der Waals surface area contributed by atoms with Crippen molar-refractivity contribution in [3.8, 4) is 0 Å². The number of aromatic nitrogens is 15. The van der Waals surface area contributed by atoms with Crippen molar-refractivity contribution < 1.29 is 4.79 Å². The SMILES string of the molecule is C=C1N=C(C)C(C)=CN1C(C)C.C=C1NC(=O)c2ncn(C(C)(C)C)c2N1.Cc1cn(C(C)C)c(=O)[nH]c1=O.Cc1nc(C)c2ccn(C)c2n1.Cc1nc(C)c2ncn(C(C)C)c2n1.Cc1nc2c(ncn2C(C)C)c(=O)[nH]1. The lowest BCUT2D eigenvalue weighted by Crippen LogP contribution is -2.34. The number of aryl methyl sites for hydroxylation is 7. The summed E-state index contributed by atoms with van der Waals surface area (Å²) in [7, 11) is 1.99. The van der Waals surface area contributed by atoms with Crippen molar-refractivity contribution in [1.82, 2.24) is 82.9 Å². The summed E-state index contributed by atoms with van der Waals surface area (Å²) in [5, 5.41) is 6.74. The topological polar surface area (TPSA) is 267 Å². The first-order valence-corrected chi connectivity index (χ1v) is 26.1. The van der Waals surface area contributed by atoms with Crippen molar-refractivity contribution in [1.29, 1.82) is 0 Å². The van der Waals surface area contributed by atoms with Gasteiger partial charge in [0.05, 0.1) is 30.4 Å².